The Hall–Kier alpha value is -1.42. The fraction of sp³-hybridized carbons (Fsp3) is 0.400. The van der Waals surface area contributed by atoms with Crippen LogP contribution in [0.1, 0.15) is 18.2 Å². The summed E-state index contributed by atoms with van der Waals surface area (Å²) in [5.41, 5.74) is 1.81. The minimum Gasteiger partial charge on any atom is -0.381 e. The molecule has 0 amide bonds. The first-order valence-corrected chi connectivity index (χ1v) is 4.82. The van der Waals surface area contributed by atoms with Gasteiger partial charge < -0.3 is 9.72 Å². The highest BCUT2D eigenvalue weighted by Crippen LogP contribution is 2.23. The van der Waals surface area contributed by atoms with E-state index in [0.29, 0.717) is 5.92 Å². The highest BCUT2D eigenvalue weighted by Gasteiger charge is 2.20. The second-order valence-corrected chi connectivity index (χ2v) is 3.56. The molecule has 4 heteroatoms. The predicted octanol–water partition coefficient (Wildman–Crippen LogP) is 1.46. The van der Waals surface area contributed by atoms with Crippen molar-refractivity contribution in [2.24, 2.45) is 0 Å². The van der Waals surface area contributed by atoms with Crippen molar-refractivity contribution in [3.63, 3.8) is 0 Å². The second-order valence-electron chi connectivity index (χ2n) is 3.56. The normalized spacial score (nSPS) is 21.9. The van der Waals surface area contributed by atoms with E-state index in [0.717, 1.165) is 36.6 Å². The number of nitrogens with zero attached hydrogens (tertiary/aromatic N) is 2. The quantitative estimate of drug-likeness (QED) is 0.738. The molecule has 0 bridgehead atoms. The molecule has 1 atom stereocenters. The molecule has 3 rings (SSSR count). The van der Waals surface area contributed by atoms with Crippen LogP contribution in [0.2, 0.25) is 0 Å². The van der Waals surface area contributed by atoms with Crippen molar-refractivity contribution in [2.45, 2.75) is 12.3 Å². The fourth-order valence-corrected chi connectivity index (χ4v) is 1.81. The maximum Gasteiger partial charge on any atom is 0.177 e. The Bertz CT molecular complexity index is 412. The van der Waals surface area contributed by atoms with Crippen molar-refractivity contribution in [3.8, 4) is 0 Å². The number of pyridine rings is 1. The summed E-state index contributed by atoms with van der Waals surface area (Å²) < 4.78 is 5.33. The van der Waals surface area contributed by atoms with Gasteiger partial charge in [-0.3, -0.25) is 0 Å². The molecule has 0 aromatic carbocycles. The van der Waals surface area contributed by atoms with E-state index in [-0.39, 0.29) is 0 Å². The number of imidazole rings is 1. The van der Waals surface area contributed by atoms with Crippen LogP contribution in [0.25, 0.3) is 11.2 Å². The highest BCUT2D eigenvalue weighted by molar-refractivity contribution is 5.70. The molecule has 3 heterocycles. The molecule has 72 valence electrons. The molecule has 0 aliphatic carbocycles. The standard InChI is InChI=1S/C10H11N3O/c1-2-8-10(11-4-1)13-9(12-8)7-3-5-14-6-7/h1-2,4,7H,3,5-6H2,(H,11,12,13). The zero-order valence-electron chi connectivity index (χ0n) is 7.73. The number of ether oxygens (including phenoxy) is 1. The van der Waals surface area contributed by atoms with Gasteiger partial charge in [0.1, 0.15) is 5.82 Å². The van der Waals surface area contributed by atoms with Gasteiger partial charge in [-0.2, -0.15) is 0 Å². The summed E-state index contributed by atoms with van der Waals surface area (Å²) in [5, 5.41) is 0. The van der Waals surface area contributed by atoms with Crippen molar-refractivity contribution < 1.29 is 4.74 Å². The van der Waals surface area contributed by atoms with Crippen molar-refractivity contribution in [3.05, 3.63) is 24.2 Å². The molecule has 0 saturated carbocycles. The van der Waals surface area contributed by atoms with Crippen molar-refractivity contribution in [1.82, 2.24) is 15.0 Å². The minimum atomic E-state index is 0.421. The van der Waals surface area contributed by atoms with Crippen LogP contribution in [-0.2, 0) is 4.74 Å². The minimum absolute atomic E-state index is 0.421. The number of nitrogens with one attached hydrogen (secondary N) is 1. The Kier molecular flexibility index (Phi) is 1.73. The maximum absolute atomic E-state index is 5.33. The number of aromatic nitrogens is 3. The first kappa shape index (κ1) is 7.94. The summed E-state index contributed by atoms with van der Waals surface area (Å²) in [7, 11) is 0. The molecule has 0 radical (unpaired) electrons. The number of rotatable bonds is 1. The van der Waals surface area contributed by atoms with E-state index in [1.165, 1.54) is 0 Å². The first-order chi connectivity index (χ1) is 6.93. The molecular formula is C10H11N3O. The summed E-state index contributed by atoms with van der Waals surface area (Å²) in [6.07, 6.45) is 2.82. The average molecular weight is 189 g/mol. The molecule has 1 N–H and O–H groups in total. The van der Waals surface area contributed by atoms with Gasteiger partial charge in [-0.15, -0.1) is 0 Å². The Balaban J connectivity index is 2.05. The van der Waals surface area contributed by atoms with Gasteiger partial charge in [0.15, 0.2) is 5.65 Å². The van der Waals surface area contributed by atoms with Gasteiger partial charge in [-0.05, 0) is 18.6 Å². The zero-order valence-corrected chi connectivity index (χ0v) is 7.73. The van der Waals surface area contributed by atoms with Crippen LogP contribution < -0.4 is 0 Å². The zero-order chi connectivity index (χ0) is 9.38. The van der Waals surface area contributed by atoms with Crippen molar-refractivity contribution >= 4 is 11.2 Å². The number of fused-ring (bicyclic) bond motifs is 1. The van der Waals surface area contributed by atoms with Crippen LogP contribution in [0, 0.1) is 0 Å². The van der Waals surface area contributed by atoms with E-state index < -0.39 is 0 Å². The SMILES string of the molecule is c1cnc2nc(C3CCOC3)[nH]c2c1. The molecule has 1 aliphatic rings. The maximum atomic E-state index is 5.33. The largest absolute Gasteiger partial charge is 0.381 e. The van der Waals surface area contributed by atoms with Gasteiger partial charge in [0.25, 0.3) is 0 Å². The van der Waals surface area contributed by atoms with Crippen LogP contribution >= 0.6 is 0 Å². The van der Waals surface area contributed by atoms with Crippen LogP contribution in [0.5, 0.6) is 0 Å². The van der Waals surface area contributed by atoms with Gasteiger partial charge in [-0.25, -0.2) is 9.97 Å². The Morgan fingerprint density at radius 3 is 3.29 bits per heavy atom. The highest BCUT2D eigenvalue weighted by atomic mass is 16.5. The first-order valence-electron chi connectivity index (χ1n) is 4.82. The van der Waals surface area contributed by atoms with Crippen LogP contribution in [0.3, 0.4) is 0 Å². The molecule has 1 aliphatic heterocycles. The third-order valence-corrected chi connectivity index (χ3v) is 2.59. The summed E-state index contributed by atoms with van der Waals surface area (Å²) in [5.74, 6) is 1.43. The molecule has 2 aromatic rings. The number of hydrogen-bond acceptors (Lipinski definition) is 3. The van der Waals surface area contributed by atoms with E-state index in [1.54, 1.807) is 6.20 Å². The van der Waals surface area contributed by atoms with Crippen molar-refractivity contribution in [2.75, 3.05) is 13.2 Å². The smallest absolute Gasteiger partial charge is 0.177 e. The van der Waals surface area contributed by atoms with Gasteiger partial charge >= 0.3 is 0 Å². The van der Waals surface area contributed by atoms with Gasteiger partial charge in [-0.1, -0.05) is 0 Å². The van der Waals surface area contributed by atoms with E-state index in [4.69, 9.17) is 4.74 Å². The fourth-order valence-electron chi connectivity index (χ4n) is 1.81. The van der Waals surface area contributed by atoms with Gasteiger partial charge in [0, 0.05) is 18.7 Å². The van der Waals surface area contributed by atoms with E-state index in [1.807, 2.05) is 12.1 Å². The molecule has 1 unspecified atom stereocenters. The lowest BCUT2D eigenvalue weighted by Gasteiger charge is -2.00. The molecular weight excluding hydrogens is 178 g/mol. The van der Waals surface area contributed by atoms with E-state index in [2.05, 4.69) is 15.0 Å². The van der Waals surface area contributed by atoms with Gasteiger partial charge in [0.2, 0.25) is 0 Å². The summed E-state index contributed by atoms with van der Waals surface area (Å²) in [4.78, 5) is 11.9. The van der Waals surface area contributed by atoms with Crippen molar-refractivity contribution in [1.29, 1.82) is 0 Å². The Morgan fingerprint density at radius 2 is 2.50 bits per heavy atom. The molecule has 0 spiro atoms. The Labute approximate surface area is 81.3 Å². The lowest BCUT2D eigenvalue weighted by atomic mass is 10.1. The van der Waals surface area contributed by atoms with Crippen LogP contribution in [0.4, 0.5) is 0 Å². The third kappa shape index (κ3) is 1.19. The van der Waals surface area contributed by atoms with Crippen LogP contribution in [-0.4, -0.2) is 28.2 Å². The van der Waals surface area contributed by atoms with Gasteiger partial charge in [0.05, 0.1) is 12.1 Å². The monoisotopic (exact) mass is 189 g/mol. The van der Waals surface area contributed by atoms with Crippen LogP contribution in [0.15, 0.2) is 18.3 Å². The summed E-state index contributed by atoms with van der Waals surface area (Å²) in [6, 6.07) is 3.91. The predicted molar refractivity (Wildman–Crippen MR) is 52.1 cm³/mol. The number of hydrogen-bond donors (Lipinski definition) is 1. The Morgan fingerprint density at radius 1 is 1.50 bits per heavy atom. The lowest BCUT2D eigenvalue weighted by molar-refractivity contribution is 0.193. The summed E-state index contributed by atoms with van der Waals surface area (Å²) in [6.45, 7) is 1.62. The third-order valence-electron chi connectivity index (χ3n) is 2.59. The number of H-pyrrole nitrogens is 1. The number of aromatic amines is 1. The molecule has 14 heavy (non-hydrogen) atoms. The molecule has 1 fully saturated rings. The lowest BCUT2D eigenvalue weighted by Crippen LogP contribution is -1.99. The topological polar surface area (TPSA) is 50.8 Å². The van der Waals surface area contributed by atoms with E-state index in [9.17, 15) is 0 Å². The van der Waals surface area contributed by atoms with E-state index >= 15 is 0 Å². The summed E-state index contributed by atoms with van der Waals surface area (Å²) >= 11 is 0. The molecule has 1 saturated heterocycles. The molecule has 4 nitrogen and oxygen atoms in total. The molecule has 2 aromatic heterocycles. The average Bonchev–Trinajstić information content (AvgIpc) is 2.86. The second kappa shape index (κ2) is 3.06.